The number of nitrogens with one attached hydrogen (secondary N) is 1. The highest BCUT2D eigenvalue weighted by Gasteiger charge is 2.40. The topological polar surface area (TPSA) is 45.0 Å². The van der Waals surface area contributed by atoms with Crippen LogP contribution in [-0.2, 0) is 0 Å². The third-order valence-electron chi connectivity index (χ3n) is 3.82. The number of hydrogen-bond acceptors (Lipinski definition) is 3. The van der Waals surface area contributed by atoms with Crippen molar-refractivity contribution in [1.29, 1.82) is 5.26 Å². The lowest BCUT2D eigenvalue weighted by atomic mass is 10.00. The lowest BCUT2D eigenvalue weighted by Crippen LogP contribution is -2.42. The molecule has 3 nitrogen and oxygen atoms in total. The van der Waals surface area contributed by atoms with Crippen LogP contribution < -0.4 is 10.1 Å². The molecule has 1 aromatic rings. The number of hydrogen-bond donors (Lipinski definition) is 1. The second kappa shape index (κ2) is 5.63. The van der Waals surface area contributed by atoms with Gasteiger partial charge in [0.1, 0.15) is 17.4 Å². The van der Waals surface area contributed by atoms with Crippen LogP contribution in [0.4, 0.5) is 0 Å². The molecular formula is C16H22N2O. The Morgan fingerprint density at radius 1 is 1.47 bits per heavy atom. The number of nitriles is 1. The third-order valence-corrected chi connectivity index (χ3v) is 3.82. The number of ether oxygens (including phenoxy) is 1. The summed E-state index contributed by atoms with van der Waals surface area (Å²) in [5.41, 5.74) is 2.02. The van der Waals surface area contributed by atoms with E-state index in [-0.39, 0.29) is 6.10 Å². The quantitative estimate of drug-likeness (QED) is 0.902. The van der Waals surface area contributed by atoms with Crippen molar-refractivity contribution in [2.24, 2.45) is 0 Å². The molecule has 1 fully saturated rings. The Bertz CT molecular complexity index is 492. The predicted octanol–water partition coefficient (Wildman–Crippen LogP) is 3.11. The first-order valence-electron chi connectivity index (χ1n) is 6.99. The van der Waals surface area contributed by atoms with Crippen molar-refractivity contribution in [2.75, 3.05) is 6.54 Å². The Morgan fingerprint density at radius 2 is 2.26 bits per heavy atom. The van der Waals surface area contributed by atoms with Gasteiger partial charge in [-0.25, -0.2) is 0 Å². The molecule has 0 aliphatic heterocycles. The maximum Gasteiger partial charge on any atom is 0.122 e. The van der Waals surface area contributed by atoms with Crippen LogP contribution >= 0.6 is 0 Å². The van der Waals surface area contributed by atoms with Crippen LogP contribution in [0, 0.1) is 25.2 Å². The lowest BCUT2D eigenvalue weighted by Gasteiger charge is -2.22. The lowest BCUT2D eigenvalue weighted by molar-refractivity contribution is 0.200. The van der Waals surface area contributed by atoms with Gasteiger partial charge in [0.15, 0.2) is 0 Å². The van der Waals surface area contributed by atoms with Crippen molar-refractivity contribution in [3.8, 4) is 11.8 Å². The second-order valence-corrected chi connectivity index (χ2v) is 5.48. The van der Waals surface area contributed by atoms with Gasteiger partial charge in [-0.1, -0.05) is 24.6 Å². The summed E-state index contributed by atoms with van der Waals surface area (Å²) in [6, 6.07) is 8.66. The van der Waals surface area contributed by atoms with Crippen molar-refractivity contribution in [3.63, 3.8) is 0 Å². The molecule has 0 saturated heterocycles. The molecule has 0 bridgehead atoms. The molecule has 1 N–H and O–H groups in total. The SMILES string of the molecule is CCNC1(C#N)CCC(Oc2ccc(C)cc2C)C1. The van der Waals surface area contributed by atoms with Crippen LogP contribution in [0.2, 0.25) is 0 Å². The highest BCUT2D eigenvalue weighted by atomic mass is 16.5. The zero-order valence-electron chi connectivity index (χ0n) is 12.0. The van der Waals surface area contributed by atoms with Gasteiger partial charge in [-0.15, -0.1) is 0 Å². The molecule has 2 unspecified atom stereocenters. The van der Waals surface area contributed by atoms with Gasteiger partial charge < -0.3 is 4.74 Å². The maximum atomic E-state index is 9.35. The Balaban J connectivity index is 2.04. The maximum absolute atomic E-state index is 9.35. The van der Waals surface area contributed by atoms with Gasteiger partial charge in [0.05, 0.1) is 6.07 Å². The molecule has 2 atom stereocenters. The number of nitrogens with zero attached hydrogens (tertiary/aromatic N) is 1. The summed E-state index contributed by atoms with van der Waals surface area (Å²) in [5.74, 6) is 0.945. The first-order valence-corrected chi connectivity index (χ1v) is 6.99. The molecule has 1 aliphatic rings. The number of aryl methyl sites for hydroxylation is 2. The molecule has 1 aromatic carbocycles. The van der Waals surface area contributed by atoms with E-state index in [2.05, 4.69) is 37.4 Å². The van der Waals surface area contributed by atoms with E-state index in [1.54, 1.807) is 0 Å². The molecule has 0 radical (unpaired) electrons. The van der Waals surface area contributed by atoms with E-state index in [1.165, 1.54) is 5.56 Å². The van der Waals surface area contributed by atoms with Gasteiger partial charge in [-0.05, 0) is 44.9 Å². The smallest absolute Gasteiger partial charge is 0.122 e. The molecular weight excluding hydrogens is 236 g/mol. The van der Waals surface area contributed by atoms with Crippen LogP contribution in [0.25, 0.3) is 0 Å². The zero-order chi connectivity index (χ0) is 13.9. The first-order chi connectivity index (χ1) is 9.08. The van der Waals surface area contributed by atoms with Gasteiger partial charge in [0.2, 0.25) is 0 Å². The molecule has 19 heavy (non-hydrogen) atoms. The monoisotopic (exact) mass is 258 g/mol. The average molecular weight is 258 g/mol. The molecule has 1 aliphatic carbocycles. The van der Waals surface area contributed by atoms with E-state index in [9.17, 15) is 5.26 Å². The van der Waals surface area contributed by atoms with Crippen molar-refractivity contribution in [2.45, 2.75) is 51.7 Å². The highest BCUT2D eigenvalue weighted by molar-refractivity contribution is 5.36. The van der Waals surface area contributed by atoms with Gasteiger partial charge in [0.25, 0.3) is 0 Å². The van der Waals surface area contributed by atoms with Crippen LogP contribution in [0.1, 0.15) is 37.3 Å². The van der Waals surface area contributed by atoms with Gasteiger partial charge in [0, 0.05) is 6.42 Å². The van der Waals surface area contributed by atoms with Crippen molar-refractivity contribution >= 4 is 0 Å². The standard InChI is InChI=1S/C16H22N2O/c1-4-18-16(11-17)8-7-14(10-16)19-15-6-5-12(2)9-13(15)3/h5-6,9,14,18H,4,7-8,10H2,1-3H3. The van der Waals surface area contributed by atoms with E-state index < -0.39 is 5.54 Å². The second-order valence-electron chi connectivity index (χ2n) is 5.48. The Morgan fingerprint density at radius 3 is 2.89 bits per heavy atom. The van der Waals surface area contributed by atoms with E-state index in [4.69, 9.17) is 4.74 Å². The molecule has 0 spiro atoms. The Labute approximate surface area is 115 Å². The molecule has 0 aromatic heterocycles. The fraction of sp³-hybridized carbons (Fsp3) is 0.562. The minimum Gasteiger partial charge on any atom is -0.490 e. The fourth-order valence-electron chi connectivity index (χ4n) is 2.85. The Kier molecular flexibility index (Phi) is 4.11. The van der Waals surface area contributed by atoms with Gasteiger partial charge >= 0.3 is 0 Å². The van der Waals surface area contributed by atoms with Crippen LogP contribution in [0.5, 0.6) is 5.75 Å². The van der Waals surface area contributed by atoms with Crippen molar-refractivity contribution in [1.82, 2.24) is 5.32 Å². The summed E-state index contributed by atoms with van der Waals surface area (Å²) in [4.78, 5) is 0. The molecule has 0 heterocycles. The molecule has 0 amide bonds. The molecule has 3 heteroatoms. The minimum absolute atomic E-state index is 0.139. The molecule has 1 saturated carbocycles. The third kappa shape index (κ3) is 3.08. The summed E-state index contributed by atoms with van der Waals surface area (Å²) in [5, 5.41) is 12.7. The summed E-state index contributed by atoms with van der Waals surface area (Å²) in [7, 11) is 0. The summed E-state index contributed by atoms with van der Waals surface area (Å²) in [6.45, 7) is 7.01. The molecule has 2 rings (SSSR count). The van der Waals surface area contributed by atoms with Crippen LogP contribution in [-0.4, -0.2) is 18.2 Å². The van der Waals surface area contributed by atoms with Gasteiger partial charge in [-0.3, -0.25) is 5.32 Å². The largest absolute Gasteiger partial charge is 0.490 e. The minimum atomic E-state index is -0.391. The predicted molar refractivity (Wildman–Crippen MR) is 76.2 cm³/mol. The first kappa shape index (κ1) is 13.9. The van der Waals surface area contributed by atoms with Crippen molar-refractivity contribution < 1.29 is 4.74 Å². The van der Waals surface area contributed by atoms with Crippen LogP contribution in [0.15, 0.2) is 18.2 Å². The van der Waals surface area contributed by atoms with Crippen LogP contribution in [0.3, 0.4) is 0 Å². The summed E-state index contributed by atoms with van der Waals surface area (Å²) in [6.07, 6.45) is 2.71. The Hall–Kier alpha value is -1.53. The van der Waals surface area contributed by atoms with E-state index in [0.717, 1.165) is 37.1 Å². The number of benzene rings is 1. The highest BCUT2D eigenvalue weighted by Crippen LogP contribution is 2.33. The van der Waals surface area contributed by atoms with Crippen molar-refractivity contribution in [3.05, 3.63) is 29.3 Å². The fourth-order valence-corrected chi connectivity index (χ4v) is 2.85. The molecule has 102 valence electrons. The normalized spacial score (nSPS) is 26.1. The number of rotatable bonds is 4. The average Bonchev–Trinajstić information content (AvgIpc) is 2.77. The van der Waals surface area contributed by atoms with E-state index in [1.807, 2.05) is 13.0 Å². The summed E-state index contributed by atoms with van der Waals surface area (Å²) >= 11 is 0. The van der Waals surface area contributed by atoms with E-state index in [0.29, 0.717) is 0 Å². The zero-order valence-corrected chi connectivity index (χ0v) is 12.0. The van der Waals surface area contributed by atoms with E-state index >= 15 is 0 Å². The van der Waals surface area contributed by atoms with Gasteiger partial charge in [-0.2, -0.15) is 5.26 Å². The summed E-state index contributed by atoms with van der Waals surface area (Å²) < 4.78 is 6.07.